The van der Waals surface area contributed by atoms with Gasteiger partial charge in [-0.2, -0.15) is 0 Å². The summed E-state index contributed by atoms with van der Waals surface area (Å²) in [5.74, 6) is 2.81. The molecular weight excluding hydrogens is 890 g/mol. The standard InChI is InChI=1S/C67H50BN3O2/c1-66(2,3)43-33-34-55(49(36-43)41-21-9-6-10-22-41)70-56-40-60-59(72-57-31-19-20-32-58(57)73-60)39-54(56)68-62-50(35-42-23-15-16-28-47(42)65(62)70)51-37-46(69(44-24-11-7-12-25-44)45-26-13-8-14-27-45)38-52-61-64(71(68)63(51)52)48-29-17-18-30-53(48)67(61,4)5/h6-40H,1-5H3. The molecule has 0 spiro atoms. The zero-order valence-electron chi connectivity index (χ0n) is 41.4. The summed E-state index contributed by atoms with van der Waals surface area (Å²) in [5, 5.41) is 3.63. The minimum absolute atomic E-state index is 0.0811. The Hall–Kier alpha value is -8.74. The van der Waals surface area contributed by atoms with E-state index in [9.17, 15) is 0 Å². The third-order valence-electron chi connectivity index (χ3n) is 16.1. The van der Waals surface area contributed by atoms with Gasteiger partial charge in [0.05, 0.1) is 11.4 Å². The van der Waals surface area contributed by atoms with E-state index in [1.165, 1.54) is 77.5 Å². The van der Waals surface area contributed by atoms with Gasteiger partial charge in [0.15, 0.2) is 23.0 Å². The first-order valence-electron chi connectivity index (χ1n) is 25.5. The van der Waals surface area contributed by atoms with Crippen molar-refractivity contribution in [3.8, 4) is 56.5 Å². The molecule has 0 saturated heterocycles. The number of aromatic nitrogens is 1. The Bertz CT molecular complexity index is 4080. The number of hydrogen-bond acceptors (Lipinski definition) is 4. The van der Waals surface area contributed by atoms with Crippen molar-refractivity contribution in [1.82, 2.24) is 4.48 Å². The fourth-order valence-corrected chi connectivity index (χ4v) is 12.8. The van der Waals surface area contributed by atoms with Gasteiger partial charge in [-0.3, -0.25) is 0 Å². The van der Waals surface area contributed by atoms with Gasteiger partial charge in [-0.1, -0.05) is 168 Å². The summed E-state index contributed by atoms with van der Waals surface area (Å²) in [6.07, 6.45) is 0. The Kier molecular flexibility index (Phi) is 8.71. The minimum atomic E-state index is -0.306. The fourth-order valence-electron chi connectivity index (χ4n) is 12.8. The van der Waals surface area contributed by atoms with E-state index in [4.69, 9.17) is 9.47 Å². The summed E-state index contributed by atoms with van der Waals surface area (Å²) < 4.78 is 16.5. The summed E-state index contributed by atoms with van der Waals surface area (Å²) in [6.45, 7) is 11.5. The number of nitrogens with zero attached hydrogens (tertiary/aromatic N) is 3. The molecule has 5 nitrogen and oxygen atoms in total. The van der Waals surface area contributed by atoms with Gasteiger partial charge in [-0.25, -0.2) is 0 Å². The van der Waals surface area contributed by atoms with Gasteiger partial charge in [0.25, 0.3) is 0 Å². The molecule has 15 rings (SSSR count). The molecule has 0 amide bonds. The van der Waals surface area contributed by atoms with Crippen LogP contribution in [0.4, 0.5) is 34.1 Å². The Labute approximate surface area is 426 Å². The lowest BCUT2D eigenvalue weighted by Gasteiger charge is -2.43. The highest BCUT2D eigenvalue weighted by Crippen LogP contribution is 2.59. The van der Waals surface area contributed by atoms with Crippen molar-refractivity contribution < 1.29 is 9.47 Å². The maximum absolute atomic E-state index is 6.90. The number of rotatable bonds is 5. The Morgan fingerprint density at radius 1 is 0.493 bits per heavy atom. The van der Waals surface area contributed by atoms with Crippen LogP contribution in [-0.4, -0.2) is 11.3 Å². The van der Waals surface area contributed by atoms with E-state index in [1.54, 1.807) is 0 Å². The number of hydrogen-bond donors (Lipinski definition) is 0. The first-order valence-corrected chi connectivity index (χ1v) is 25.5. The second kappa shape index (κ2) is 15.1. The molecule has 0 fully saturated rings. The molecule has 0 bridgehead atoms. The average molecular weight is 940 g/mol. The van der Waals surface area contributed by atoms with Gasteiger partial charge in [-0.05, 0) is 122 Å². The van der Waals surface area contributed by atoms with E-state index in [0.717, 1.165) is 39.5 Å². The van der Waals surface area contributed by atoms with Gasteiger partial charge < -0.3 is 23.8 Å². The summed E-state index contributed by atoms with van der Waals surface area (Å²) in [5.41, 5.74) is 21.2. The lowest BCUT2D eigenvalue weighted by Crippen LogP contribution is -2.57. The maximum atomic E-state index is 6.90. The molecular formula is C67H50BN3O2. The third-order valence-corrected chi connectivity index (χ3v) is 16.1. The molecule has 10 aromatic carbocycles. The second-order valence-electron chi connectivity index (χ2n) is 21.7. The van der Waals surface area contributed by atoms with Crippen molar-refractivity contribution in [3.05, 3.63) is 229 Å². The van der Waals surface area contributed by atoms with Gasteiger partial charge in [0.2, 0.25) is 0 Å². The summed E-state index contributed by atoms with van der Waals surface area (Å²) in [4.78, 5) is 5.00. The number of ether oxygens (including phenoxy) is 2. The molecule has 3 aliphatic heterocycles. The van der Waals surface area contributed by atoms with Crippen molar-refractivity contribution in [3.63, 3.8) is 0 Å². The van der Waals surface area contributed by atoms with Crippen LogP contribution in [0.5, 0.6) is 23.0 Å². The molecule has 1 aliphatic carbocycles. The van der Waals surface area contributed by atoms with E-state index in [0.29, 0.717) is 23.0 Å². The molecule has 11 aromatic rings. The number of anilines is 6. The van der Waals surface area contributed by atoms with Crippen LogP contribution >= 0.6 is 0 Å². The molecule has 0 unspecified atom stereocenters. The lowest BCUT2D eigenvalue weighted by atomic mass is 9.44. The van der Waals surface area contributed by atoms with Crippen LogP contribution < -0.4 is 30.2 Å². The van der Waals surface area contributed by atoms with Gasteiger partial charge >= 0.3 is 6.85 Å². The number of benzene rings is 10. The van der Waals surface area contributed by atoms with Gasteiger partial charge in [-0.15, -0.1) is 0 Å². The largest absolute Gasteiger partial charge is 0.450 e. The minimum Gasteiger partial charge on any atom is -0.450 e. The predicted octanol–water partition coefficient (Wildman–Crippen LogP) is 16.9. The van der Waals surface area contributed by atoms with Crippen LogP contribution in [0.25, 0.3) is 55.2 Å². The Morgan fingerprint density at radius 3 is 1.84 bits per heavy atom. The van der Waals surface area contributed by atoms with Crippen molar-refractivity contribution in [2.75, 3.05) is 9.80 Å². The van der Waals surface area contributed by atoms with Crippen molar-refractivity contribution in [2.24, 2.45) is 0 Å². The van der Waals surface area contributed by atoms with E-state index in [-0.39, 0.29) is 17.7 Å². The quantitative estimate of drug-likeness (QED) is 0.161. The molecule has 0 radical (unpaired) electrons. The van der Waals surface area contributed by atoms with Crippen molar-refractivity contribution in [2.45, 2.75) is 45.4 Å². The highest BCUT2D eigenvalue weighted by molar-refractivity contribution is 6.90. The van der Waals surface area contributed by atoms with Crippen LogP contribution in [-0.2, 0) is 10.8 Å². The normalized spacial score (nSPS) is 14.1. The highest BCUT2D eigenvalue weighted by Gasteiger charge is 2.50. The fraction of sp³-hybridized carbons (Fsp3) is 0.104. The molecule has 0 atom stereocenters. The first-order chi connectivity index (χ1) is 35.6. The Morgan fingerprint density at radius 2 is 1.12 bits per heavy atom. The van der Waals surface area contributed by atoms with Crippen LogP contribution in [0.15, 0.2) is 212 Å². The van der Waals surface area contributed by atoms with Gasteiger partial charge in [0, 0.05) is 72.9 Å². The zero-order chi connectivity index (χ0) is 48.9. The summed E-state index contributed by atoms with van der Waals surface area (Å²) in [7, 11) is 0. The van der Waals surface area contributed by atoms with E-state index < -0.39 is 0 Å². The molecule has 73 heavy (non-hydrogen) atoms. The SMILES string of the molecule is CC(C)(C)c1ccc(N2c3cc4c(cc3B3c5c(cc6ccccc6c52)-c2cc(N(c5ccccc5)c5ccccc5)cc5c6c(n3c25)-c2ccccc2C6(C)C)Oc2ccccc2O4)c(-c2ccccc2)c1. The summed E-state index contributed by atoms with van der Waals surface area (Å²) in [6, 6.07) is 77.8. The van der Waals surface area contributed by atoms with Crippen molar-refractivity contribution in [1.29, 1.82) is 0 Å². The first kappa shape index (κ1) is 42.0. The molecule has 0 saturated carbocycles. The highest BCUT2D eigenvalue weighted by atomic mass is 16.6. The lowest BCUT2D eigenvalue weighted by molar-refractivity contribution is 0.360. The topological polar surface area (TPSA) is 29.9 Å². The zero-order valence-corrected chi connectivity index (χ0v) is 41.4. The second-order valence-corrected chi connectivity index (χ2v) is 21.7. The molecule has 0 N–H and O–H groups in total. The van der Waals surface area contributed by atoms with E-state index in [2.05, 4.69) is 237 Å². The van der Waals surface area contributed by atoms with Crippen LogP contribution in [0.3, 0.4) is 0 Å². The third kappa shape index (κ3) is 5.98. The molecule has 4 heterocycles. The molecule has 4 aliphatic rings. The van der Waals surface area contributed by atoms with Crippen LogP contribution in [0.2, 0.25) is 0 Å². The van der Waals surface area contributed by atoms with Crippen LogP contribution in [0.1, 0.15) is 51.3 Å². The number of fused-ring (bicyclic) bond motifs is 13. The smallest absolute Gasteiger partial charge is 0.333 e. The van der Waals surface area contributed by atoms with Crippen LogP contribution in [0, 0.1) is 0 Å². The monoisotopic (exact) mass is 939 g/mol. The molecule has 348 valence electrons. The van der Waals surface area contributed by atoms with Gasteiger partial charge in [0.1, 0.15) is 0 Å². The predicted molar refractivity (Wildman–Crippen MR) is 303 cm³/mol. The molecule has 6 heteroatoms. The summed E-state index contributed by atoms with van der Waals surface area (Å²) >= 11 is 0. The Balaban J connectivity index is 1.12. The van der Waals surface area contributed by atoms with Crippen molar-refractivity contribution >= 4 is 73.6 Å². The van der Waals surface area contributed by atoms with E-state index in [1.807, 2.05) is 24.3 Å². The average Bonchev–Trinajstić information content (AvgIpc) is 3.89. The molecule has 1 aromatic heterocycles. The maximum Gasteiger partial charge on any atom is 0.333 e. The number of para-hydroxylation sites is 4. The van der Waals surface area contributed by atoms with E-state index >= 15 is 0 Å².